The van der Waals surface area contributed by atoms with Gasteiger partial charge in [-0.3, -0.25) is 4.90 Å². The van der Waals surface area contributed by atoms with Crippen molar-refractivity contribution in [2.75, 3.05) is 39.3 Å². The molecule has 0 spiro atoms. The number of benzene rings is 2. The van der Waals surface area contributed by atoms with Crippen LogP contribution < -0.4 is 5.32 Å². The van der Waals surface area contributed by atoms with Gasteiger partial charge in [0.15, 0.2) is 0 Å². The third-order valence-corrected chi connectivity index (χ3v) is 7.62. The molecule has 2 aliphatic rings. The van der Waals surface area contributed by atoms with Gasteiger partial charge >= 0.3 is 0 Å². The normalized spacial score (nSPS) is 22.4. The number of nitrogens with zero attached hydrogens (tertiary/aromatic N) is 2. The summed E-state index contributed by atoms with van der Waals surface area (Å²) in [5.74, 6) is 0. The van der Waals surface area contributed by atoms with Gasteiger partial charge in [0, 0.05) is 50.7 Å². The summed E-state index contributed by atoms with van der Waals surface area (Å²) in [5, 5.41) is 5.22. The van der Waals surface area contributed by atoms with E-state index in [2.05, 4.69) is 10.2 Å². The number of nitrogens with one attached hydrogen (secondary N) is 1. The Labute approximate surface area is 165 Å². The quantitative estimate of drug-likeness (QED) is 0.836. The molecule has 2 fully saturated rings. The van der Waals surface area contributed by atoms with Gasteiger partial charge in [0.2, 0.25) is 10.0 Å². The molecule has 0 saturated carbocycles. The van der Waals surface area contributed by atoms with Crippen LogP contribution in [0.5, 0.6) is 0 Å². The van der Waals surface area contributed by atoms with E-state index in [0.717, 1.165) is 38.0 Å². The van der Waals surface area contributed by atoms with Gasteiger partial charge < -0.3 is 5.32 Å². The van der Waals surface area contributed by atoms with E-state index in [-0.39, 0.29) is 17.3 Å². The first-order chi connectivity index (χ1) is 12.1. The minimum absolute atomic E-state index is 0. The van der Waals surface area contributed by atoms with Crippen molar-refractivity contribution < 1.29 is 8.42 Å². The van der Waals surface area contributed by atoms with Crippen molar-refractivity contribution in [1.29, 1.82) is 0 Å². The molecule has 0 radical (unpaired) electrons. The first-order valence-electron chi connectivity index (χ1n) is 8.69. The number of fused-ring (bicyclic) bond motifs is 1. The lowest BCUT2D eigenvalue weighted by atomic mass is 10.1. The topological polar surface area (TPSA) is 52.7 Å². The minimum atomic E-state index is -3.61. The largest absolute Gasteiger partial charge is 0.314 e. The SMILES string of the molecule is Cl.O=S(=O)(c1c(Cl)ccc2ccccc12)N1CCC(N2CCNCC2)C1. The van der Waals surface area contributed by atoms with Gasteiger partial charge in [-0.1, -0.05) is 41.9 Å². The lowest BCUT2D eigenvalue weighted by molar-refractivity contribution is 0.179. The Kier molecular flexibility index (Phi) is 6.11. The summed E-state index contributed by atoms with van der Waals surface area (Å²) in [6.45, 7) is 5.00. The highest BCUT2D eigenvalue weighted by Crippen LogP contribution is 2.34. The standard InChI is InChI=1S/C18H22ClN3O2S.ClH/c19-17-6-5-14-3-1-2-4-16(14)18(17)25(23,24)22-10-7-15(13-22)21-11-8-20-9-12-21;/h1-6,15,20H,7-13H2;1H. The lowest BCUT2D eigenvalue weighted by Gasteiger charge is -2.32. The van der Waals surface area contributed by atoms with Crippen molar-refractivity contribution in [2.24, 2.45) is 0 Å². The van der Waals surface area contributed by atoms with Crippen LogP contribution >= 0.6 is 24.0 Å². The molecular formula is C18H23Cl2N3O2S. The fourth-order valence-electron chi connectivity index (χ4n) is 3.88. The average molecular weight is 416 g/mol. The zero-order valence-electron chi connectivity index (χ0n) is 14.4. The van der Waals surface area contributed by atoms with Crippen LogP contribution in [0.1, 0.15) is 6.42 Å². The van der Waals surface area contributed by atoms with Crippen LogP contribution in [0.2, 0.25) is 5.02 Å². The predicted molar refractivity (Wildman–Crippen MR) is 108 cm³/mol. The molecule has 8 heteroatoms. The molecule has 0 aromatic heterocycles. The van der Waals surface area contributed by atoms with Crippen molar-refractivity contribution in [3.8, 4) is 0 Å². The van der Waals surface area contributed by atoms with Gasteiger partial charge in [-0.2, -0.15) is 4.31 Å². The molecule has 1 atom stereocenters. The molecule has 4 rings (SSSR count). The molecule has 2 heterocycles. The highest BCUT2D eigenvalue weighted by atomic mass is 35.5. The molecule has 2 saturated heterocycles. The van der Waals surface area contributed by atoms with Crippen LogP contribution in [0, 0.1) is 0 Å². The van der Waals surface area contributed by atoms with Crippen molar-refractivity contribution >= 4 is 44.8 Å². The number of hydrogen-bond acceptors (Lipinski definition) is 4. The second kappa shape index (κ2) is 8.00. The number of sulfonamides is 1. The van der Waals surface area contributed by atoms with Gasteiger partial charge in [0.05, 0.1) is 5.02 Å². The Bertz CT molecular complexity index is 885. The van der Waals surface area contributed by atoms with Gasteiger partial charge in [-0.15, -0.1) is 12.4 Å². The van der Waals surface area contributed by atoms with E-state index < -0.39 is 10.0 Å². The lowest BCUT2D eigenvalue weighted by Crippen LogP contribution is -2.49. The summed E-state index contributed by atoms with van der Waals surface area (Å²) in [6, 6.07) is 11.3. The fourth-order valence-corrected chi connectivity index (χ4v) is 6.09. The molecule has 0 bridgehead atoms. The van der Waals surface area contributed by atoms with E-state index in [0.29, 0.717) is 29.5 Å². The van der Waals surface area contributed by atoms with E-state index in [9.17, 15) is 8.42 Å². The van der Waals surface area contributed by atoms with E-state index in [1.807, 2.05) is 30.3 Å². The third kappa shape index (κ3) is 3.59. The second-order valence-electron chi connectivity index (χ2n) is 6.69. The van der Waals surface area contributed by atoms with Crippen LogP contribution in [-0.4, -0.2) is 62.9 Å². The molecule has 2 aliphatic heterocycles. The third-order valence-electron chi connectivity index (χ3n) is 5.22. The average Bonchev–Trinajstić information content (AvgIpc) is 3.13. The Hall–Kier alpha value is -0.890. The van der Waals surface area contributed by atoms with Crippen LogP contribution in [-0.2, 0) is 10.0 Å². The Balaban J connectivity index is 0.00000196. The molecule has 2 aromatic rings. The maximum Gasteiger partial charge on any atom is 0.245 e. The maximum atomic E-state index is 13.3. The van der Waals surface area contributed by atoms with E-state index in [4.69, 9.17) is 11.6 Å². The molecule has 0 amide bonds. The monoisotopic (exact) mass is 415 g/mol. The Morgan fingerprint density at radius 2 is 1.77 bits per heavy atom. The summed E-state index contributed by atoms with van der Waals surface area (Å²) in [7, 11) is -3.61. The van der Waals surface area contributed by atoms with E-state index >= 15 is 0 Å². The Morgan fingerprint density at radius 3 is 2.54 bits per heavy atom. The molecule has 5 nitrogen and oxygen atoms in total. The Morgan fingerprint density at radius 1 is 1.04 bits per heavy atom. The van der Waals surface area contributed by atoms with Gasteiger partial charge in [-0.25, -0.2) is 8.42 Å². The summed E-state index contributed by atoms with van der Waals surface area (Å²) in [6.07, 6.45) is 0.877. The maximum absolute atomic E-state index is 13.3. The number of halogens is 2. The number of rotatable bonds is 3. The minimum Gasteiger partial charge on any atom is -0.314 e. The highest BCUT2D eigenvalue weighted by Gasteiger charge is 2.37. The second-order valence-corrected chi connectivity index (χ2v) is 8.97. The molecule has 0 aliphatic carbocycles. The van der Waals surface area contributed by atoms with E-state index in [1.54, 1.807) is 10.4 Å². The van der Waals surface area contributed by atoms with Crippen LogP contribution in [0.4, 0.5) is 0 Å². The van der Waals surface area contributed by atoms with Crippen LogP contribution in [0.3, 0.4) is 0 Å². The smallest absolute Gasteiger partial charge is 0.245 e. The molecule has 26 heavy (non-hydrogen) atoms. The van der Waals surface area contributed by atoms with Crippen LogP contribution in [0.25, 0.3) is 10.8 Å². The highest BCUT2D eigenvalue weighted by molar-refractivity contribution is 7.89. The van der Waals surface area contributed by atoms with Crippen molar-refractivity contribution in [3.63, 3.8) is 0 Å². The van der Waals surface area contributed by atoms with Gasteiger partial charge in [0.25, 0.3) is 0 Å². The summed E-state index contributed by atoms with van der Waals surface area (Å²) in [5.41, 5.74) is 0. The van der Waals surface area contributed by atoms with Crippen molar-refractivity contribution in [3.05, 3.63) is 41.4 Å². The van der Waals surface area contributed by atoms with Crippen molar-refractivity contribution in [1.82, 2.24) is 14.5 Å². The van der Waals surface area contributed by atoms with Crippen LogP contribution in [0.15, 0.2) is 41.3 Å². The van der Waals surface area contributed by atoms with Gasteiger partial charge in [0.1, 0.15) is 4.90 Å². The molecule has 2 aromatic carbocycles. The first-order valence-corrected chi connectivity index (χ1v) is 10.5. The summed E-state index contributed by atoms with van der Waals surface area (Å²) < 4.78 is 28.2. The number of piperazine rings is 1. The fraction of sp³-hybridized carbons (Fsp3) is 0.444. The predicted octanol–water partition coefficient (Wildman–Crippen LogP) is 2.58. The molecule has 1 N–H and O–H groups in total. The summed E-state index contributed by atoms with van der Waals surface area (Å²) in [4.78, 5) is 2.64. The molecule has 1 unspecified atom stereocenters. The number of hydrogen-bond donors (Lipinski definition) is 1. The molecule has 142 valence electrons. The first kappa shape index (κ1) is 19.9. The molecular weight excluding hydrogens is 393 g/mol. The zero-order chi connectivity index (χ0) is 17.4. The van der Waals surface area contributed by atoms with E-state index in [1.165, 1.54) is 0 Å². The zero-order valence-corrected chi connectivity index (χ0v) is 16.8. The van der Waals surface area contributed by atoms with Crippen molar-refractivity contribution in [2.45, 2.75) is 17.4 Å². The van der Waals surface area contributed by atoms with Gasteiger partial charge in [-0.05, 0) is 17.9 Å². The summed E-state index contributed by atoms with van der Waals surface area (Å²) >= 11 is 6.33.